The van der Waals surface area contributed by atoms with E-state index in [1.807, 2.05) is 32.9 Å². The molecule has 0 bridgehead atoms. The average Bonchev–Trinajstić information content (AvgIpc) is 3.56. The molecule has 0 spiro atoms. The zero-order chi connectivity index (χ0) is 27.6. The van der Waals surface area contributed by atoms with E-state index in [0.717, 1.165) is 21.4 Å². The molecule has 0 radical (unpaired) electrons. The number of carbonyl (C=O) groups is 2. The van der Waals surface area contributed by atoms with Crippen LogP contribution in [0.2, 0.25) is 0 Å². The fourth-order valence-electron chi connectivity index (χ4n) is 5.34. The maximum atomic E-state index is 13.6. The van der Waals surface area contributed by atoms with Crippen molar-refractivity contribution in [3.8, 4) is 5.75 Å². The number of anilines is 1. The molecule has 2 aliphatic rings. The summed E-state index contributed by atoms with van der Waals surface area (Å²) in [4.78, 5) is 44.1. The Kier molecular flexibility index (Phi) is 5.72. The first kappa shape index (κ1) is 24.7. The summed E-state index contributed by atoms with van der Waals surface area (Å²) in [5.74, 6) is -1.40. The van der Waals surface area contributed by atoms with Crippen LogP contribution >= 0.6 is 11.3 Å². The molecule has 1 saturated heterocycles. The van der Waals surface area contributed by atoms with E-state index in [1.54, 1.807) is 24.3 Å². The van der Waals surface area contributed by atoms with Gasteiger partial charge in [0.05, 0.1) is 26.8 Å². The lowest BCUT2D eigenvalue weighted by molar-refractivity contribution is -0.384. The number of nitrogens with zero attached hydrogens (tertiary/aromatic N) is 3. The first-order chi connectivity index (χ1) is 18.6. The van der Waals surface area contributed by atoms with Crippen LogP contribution < -0.4 is 9.64 Å². The number of hydrogen-bond donors (Lipinski definition) is 1. The summed E-state index contributed by atoms with van der Waals surface area (Å²) in [6.45, 7) is 5.82. The number of nitro groups is 1. The Hall–Kier alpha value is -4.57. The van der Waals surface area contributed by atoms with Gasteiger partial charge in [0.1, 0.15) is 17.6 Å². The molecular formula is C29H23N3O6S. The number of ether oxygens (including phenoxy) is 1. The molecule has 1 aromatic heterocycles. The van der Waals surface area contributed by atoms with Crippen molar-refractivity contribution in [2.75, 3.05) is 4.90 Å². The quantitative estimate of drug-likeness (QED) is 0.114. The molecule has 2 atom stereocenters. The number of nitro benzene ring substituents is 1. The van der Waals surface area contributed by atoms with E-state index in [-0.39, 0.29) is 28.3 Å². The van der Waals surface area contributed by atoms with Gasteiger partial charge in [-0.3, -0.25) is 24.6 Å². The number of Topliss-reactive ketones (excluding diaryl/α,β-unsaturated/α-hetero) is 1. The zero-order valence-corrected chi connectivity index (χ0v) is 22.1. The van der Waals surface area contributed by atoms with Crippen LogP contribution in [0, 0.1) is 24.0 Å². The highest BCUT2D eigenvalue weighted by atomic mass is 32.1. The lowest BCUT2D eigenvalue weighted by atomic mass is 9.94. The number of aryl methyl sites for hydroxylation is 2. The van der Waals surface area contributed by atoms with Crippen molar-refractivity contribution in [2.45, 2.75) is 39.3 Å². The Morgan fingerprint density at radius 1 is 1.15 bits per heavy atom. The number of hydrogen-bond acceptors (Lipinski definition) is 8. The standard InChI is InChI=1S/C29H23N3O6S/c1-14-9-15(2)24-22(10-14)39-29(30-24)31-25(17-5-4-6-20(13-17)32(36)37)23(27(34)28(31)35)26(33)18-7-8-21-19(12-18)11-16(3)38-21/h4-10,12-13,16,25,33H,11H2,1-3H3/t16-,25+/m1/s1. The van der Waals surface area contributed by atoms with Crippen molar-refractivity contribution in [3.05, 3.63) is 98.1 Å². The van der Waals surface area contributed by atoms with Gasteiger partial charge in [-0.05, 0) is 67.3 Å². The Bertz CT molecular complexity index is 1760. The first-order valence-corrected chi connectivity index (χ1v) is 13.2. The number of rotatable bonds is 4. The summed E-state index contributed by atoms with van der Waals surface area (Å²) in [6, 6.07) is 13.7. The van der Waals surface area contributed by atoms with Gasteiger partial charge in [-0.15, -0.1) is 0 Å². The maximum Gasteiger partial charge on any atom is 0.301 e. The molecule has 4 aromatic rings. The molecule has 10 heteroatoms. The van der Waals surface area contributed by atoms with E-state index in [2.05, 4.69) is 0 Å². The number of amides is 1. The minimum Gasteiger partial charge on any atom is -0.507 e. The molecule has 1 amide bonds. The third-order valence-electron chi connectivity index (χ3n) is 7.04. The van der Waals surface area contributed by atoms with Crippen molar-refractivity contribution in [1.29, 1.82) is 0 Å². The number of non-ortho nitro benzene ring substituents is 1. The van der Waals surface area contributed by atoms with Crippen LogP contribution in [0.3, 0.4) is 0 Å². The van der Waals surface area contributed by atoms with E-state index >= 15 is 0 Å². The van der Waals surface area contributed by atoms with Gasteiger partial charge in [-0.2, -0.15) is 0 Å². The summed E-state index contributed by atoms with van der Waals surface area (Å²) in [7, 11) is 0. The topological polar surface area (TPSA) is 123 Å². The lowest BCUT2D eigenvalue weighted by Gasteiger charge is -2.22. The molecule has 196 valence electrons. The molecule has 9 nitrogen and oxygen atoms in total. The molecule has 1 N–H and O–H groups in total. The highest BCUT2D eigenvalue weighted by Crippen LogP contribution is 2.45. The van der Waals surface area contributed by atoms with E-state index in [9.17, 15) is 24.8 Å². The number of thiazole rings is 1. The van der Waals surface area contributed by atoms with Gasteiger partial charge in [0.25, 0.3) is 11.5 Å². The average molecular weight is 542 g/mol. The van der Waals surface area contributed by atoms with E-state index in [1.165, 1.54) is 34.4 Å². The normalized spacial score (nSPS) is 19.9. The van der Waals surface area contributed by atoms with Gasteiger partial charge in [0.2, 0.25) is 0 Å². The fraction of sp³-hybridized carbons (Fsp3) is 0.207. The second-order valence-corrected chi connectivity index (χ2v) is 10.9. The summed E-state index contributed by atoms with van der Waals surface area (Å²) in [5.41, 5.74) is 3.86. The highest BCUT2D eigenvalue weighted by Gasteiger charge is 2.48. The first-order valence-electron chi connectivity index (χ1n) is 12.4. The summed E-state index contributed by atoms with van der Waals surface area (Å²) in [6.07, 6.45) is 0.628. The largest absolute Gasteiger partial charge is 0.507 e. The van der Waals surface area contributed by atoms with Crippen LogP contribution in [0.4, 0.5) is 10.8 Å². The van der Waals surface area contributed by atoms with Gasteiger partial charge in [-0.25, -0.2) is 4.98 Å². The fourth-order valence-corrected chi connectivity index (χ4v) is 6.51. The van der Waals surface area contributed by atoms with Crippen molar-refractivity contribution in [1.82, 2.24) is 4.98 Å². The molecule has 2 aliphatic heterocycles. The number of ketones is 1. The monoisotopic (exact) mass is 541 g/mol. The van der Waals surface area contributed by atoms with Crippen LogP contribution in [-0.2, 0) is 16.0 Å². The SMILES string of the molecule is Cc1cc(C)c2nc(N3C(=O)C(=O)C(=C(O)c4ccc5c(c4)C[C@@H](C)O5)[C@@H]3c3cccc([N+](=O)[O-])c3)sc2c1. The predicted octanol–water partition coefficient (Wildman–Crippen LogP) is 5.77. The number of fused-ring (bicyclic) bond motifs is 2. The van der Waals surface area contributed by atoms with Crippen LogP contribution in [0.15, 0.2) is 60.2 Å². The van der Waals surface area contributed by atoms with Crippen LogP contribution in [0.5, 0.6) is 5.75 Å². The van der Waals surface area contributed by atoms with Crippen LogP contribution in [0.25, 0.3) is 16.0 Å². The Morgan fingerprint density at radius 3 is 2.72 bits per heavy atom. The Balaban J connectivity index is 1.57. The second-order valence-electron chi connectivity index (χ2n) is 9.90. The zero-order valence-electron chi connectivity index (χ0n) is 21.3. The molecule has 39 heavy (non-hydrogen) atoms. The molecule has 3 aromatic carbocycles. The minimum absolute atomic E-state index is 0.0148. The summed E-state index contributed by atoms with van der Waals surface area (Å²) >= 11 is 1.25. The van der Waals surface area contributed by atoms with E-state index in [0.29, 0.717) is 28.8 Å². The van der Waals surface area contributed by atoms with Gasteiger partial charge >= 0.3 is 5.91 Å². The summed E-state index contributed by atoms with van der Waals surface area (Å²) < 4.78 is 6.60. The van der Waals surface area contributed by atoms with Crippen molar-refractivity contribution in [3.63, 3.8) is 0 Å². The molecular weight excluding hydrogens is 518 g/mol. The minimum atomic E-state index is -1.12. The number of aliphatic hydroxyl groups is 1. The maximum absolute atomic E-state index is 13.6. The summed E-state index contributed by atoms with van der Waals surface area (Å²) in [5, 5.41) is 23.3. The lowest BCUT2D eigenvalue weighted by Crippen LogP contribution is -2.29. The second kappa shape index (κ2) is 9.02. The van der Waals surface area contributed by atoms with Crippen LogP contribution in [0.1, 0.15) is 40.8 Å². The van der Waals surface area contributed by atoms with Gasteiger partial charge in [0.15, 0.2) is 5.13 Å². The smallest absolute Gasteiger partial charge is 0.301 e. The molecule has 0 aliphatic carbocycles. The van der Waals surface area contributed by atoms with Crippen LogP contribution in [-0.4, -0.2) is 32.8 Å². The Morgan fingerprint density at radius 2 is 1.95 bits per heavy atom. The molecule has 1 fully saturated rings. The van der Waals surface area contributed by atoms with E-state index in [4.69, 9.17) is 9.72 Å². The third-order valence-corrected chi connectivity index (χ3v) is 8.04. The number of carbonyl (C=O) groups excluding carboxylic acids is 2. The van der Waals surface area contributed by atoms with Crippen molar-refractivity contribution in [2.24, 2.45) is 0 Å². The highest BCUT2D eigenvalue weighted by molar-refractivity contribution is 7.22. The van der Waals surface area contributed by atoms with Gasteiger partial charge < -0.3 is 9.84 Å². The molecule has 0 unspecified atom stereocenters. The Labute approximate surface area is 227 Å². The number of aliphatic hydroxyl groups excluding tert-OH is 1. The van der Waals surface area contributed by atoms with Crippen molar-refractivity contribution < 1.29 is 24.4 Å². The van der Waals surface area contributed by atoms with Gasteiger partial charge in [-0.1, -0.05) is 29.5 Å². The molecule has 3 heterocycles. The number of benzene rings is 3. The molecule has 0 saturated carbocycles. The molecule has 6 rings (SSSR count). The number of aromatic nitrogens is 1. The predicted molar refractivity (Wildman–Crippen MR) is 147 cm³/mol. The third kappa shape index (κ3) is 4.04. The van der Waals surface area contributed by atoms with Gasteiger partial charge in [0, 0.05) is 24.1 Å². The van der Waals surface area contributed by atoms with Crippen molar-refractivity contribution >= 4 is 49.8 Å². The van der Waals surface area contributed by atoms with E-state index < -0.39 is 22.7 Å².